The van der Waals surface area contributed by atoms with Gasteiger partial charge in [0, 0.05) is 16.4 Å². The van der Waals surface area contributed by atoms with Crippen LogP contribution in [-0.4, -0.2) is 25.4 Å². The summed E-state index contributed by atoms with van der Waals surface area (Å²) in [4.78, 5) is 0. The molecule has 1 aromatic rings. The van der Waals surface area contributed by atoms with Crippen LogP contribution < -0.4 is 10.5 Å². The molecule has 1 aliphatic carbocycles. The van der Waals surface area contributed by atoms with Gasteiger partial charge >= 0.3 is 0 Å². The first-order chi connectivity index (χ1) is 7.66. The number of halogens is 1. The van der Waals surface area contributed by atoms with Crippen LogP contribution in [0.5, 0.6) is 5.75 Å². The molecule has 0 spiro atoms. The van der Waals surface area contributed by atoms with E-state index in [-0.39, 0.29) is 12.0 Å². The summed E-state index contributed by atoms with van der Waals surface area (Å²) in [6.07, 6.45) is 0.937. The van der Waals surface area contributed by atoms with E-state index >= 15 is 0 Å². The minimum absolute atomic E-state index is 0.131. The lowest BCUT2D eigenvalue weighted by Crippen LogP contribution is -2.21. The third-order valence-electron chi connectivity index (χ3n) is 3.48. The smallest absolute Gasteiger partial charge is 0.122 e. The third kappa shape index (κ3) is 1.85. The predicted molar refractivity (Wildman–Crippen MR) is 66.6 cm³/mol. The maximum Gasteiger partial charge on any atom is 0.122 e. The highest BCUT2D eigenvalue weighted by molar-refractivity contribution is 9.10. The van der Waals surface area contributed by atoms with Gasteiger partial charge < -0.3 is 15.6 Å². The van der Waals surface area contributed by atoms with Crippen LogP contribution in [0.4, 0.5) is 0 Å². The largest absolute Gasteiger partial charge is 0.496 e. The fourth-order valence-corrected chi connectivity index (χ4v) is 2.61. The molecule has 2 rings (SSSR count). The Morgan fingerprint density at radius 3 is 2.88 bits per heavy atom. The number of methoxy groups -OCH3 is 1. The number of nitrogens with two attached hydrogens (primary N) is 1. The lowest BCUT2D eigenvalue weighted by Gasteiger charge is -2.14. The second kappa shape index (κ2) is 4.35. The molecule has 16 heavy (non-hydrogen) atoms. The molecule has 1 fully saturated rings. The van der Waals surface area contributed by atoms with Crippen LogP contribution in [0.25, 0.3) is 0 Å². The quantitative estimate of drug-likeness (QED) is 0.888. The van der Waals surface area contributed by atoms with E-state index in [0.717, 1.165) is 22.2 Å². The van der Waals surface area contributed by atoms with Crippen molar-refractivity contribution in [3.8, 4) is 5.75 Å². The first-order valence-corrected chi connectivity index (χ1v) is 6.10. The van der Waals surface area contributed by atoms with Crippen LogP contribution in [0.1, 0.15) is 17.9 Å². The molecule has 1 aromatic carbocycles. The standard InChI is InChI=1S/C12H16BrNO2/c1-16-11-3-2-8(13)4-9(11)10-5-12(10,6-14)7-15/h2-4,10,15H,5-7,14H2,1H3. The SMILES string of the molecule is COc1ccc(Br)cc1C1CC1(CN)CO. The first-order valence-electron chi connectivity index (χ1n) is 5.31. The van der Waals surface area contributed by atoms with Gasteiger partial charge in [-0.15, -0.1) is 0 Å². The van der Waals surface area contributed by atoms with Gasteiger partial charge in [0.05, 0.1) is 13.7 Å². The zero-order valence-electron chi connectivity index (χ0n) is 9.24. The Morgan fingerprint density at radius 1 is 1.62 bits per heavy atom. The van der Waals surface area contributed by atoms with Gasteiger partial charge in [-0.3, -0.25) is 0 Å². The van der Waals surface area contributed by atoms with Crippen LogP contribution in [0.15, 0.2) is 22.7 Å². The van der Waals surface area contributed by atoms with Crippen LogP contribution in [0.2, 0.25) is 0 Å². The summed E-state index contributed by atoms with van der Waals surface area (Å²) in [6, 6.07) is 5.95. The van der Waals surface area contributed by atoms with Gasteiger partial charge in [0.25, 0.3) is 0 Å². The molecule has 2 unspecified atom stereocenters. The normalized spacial score (nSPS) is 27.9. The van der Waals surface area contributed by atoms with Gasteiger partial charge in [-0.25, -0.2) is 0 Å². The van der Waals surface area contributed by atoms with Crippen molar-refractivity contribution in [2.24, 2.45) is 11.1 Å². The monoisotopic (exact) mass is 285 g/mol. The van der Waals surface area contributed by atoms with Gasteiger partial charge in [0.2, 0.25) is 0 Å². The number of rotatable bonds is 4. The molecule has 0 aliphatic heterocycles. The van der Waals surface area contributed by atoms with Crippen molar-refractivity contribution in [3.63, 3.8) is 0 Å². The Morgan fingerprint density at radius 2 is 2.38 bits per heavy atom. The van der Waals surface area contributed by atoms with E-state index in [0.29, 0.717) is 12.5 Å². The summed E-state index contributed by atoms with van der Waals surface area (Å²) in [5, 5.41) is 9.39. The molecule has 0 heterocycles. The molecule has 0 aromatic heterocycles. The second-order valence-electron chi connectivity index (χ2n) is 4.37. The number of benzene rings is 1. The van der Waals surface area contributed by atoms with Crippen molar-refractivity contribution in [1.29, 1.82) is 0 Å². The average molecular weight is 286 g/mol. The van der Waals surface area contributed by atoms with Crippen molar-refractivity contribution in [1.82, 2.24) is 0 Å². The van der Waals surface area contributed by atoms with E-state index in [4.69, 9.17) is 10.5 Å². The third-order valence-corrected chi connectivity index (χ3v) is 3.97. The summed E-state index contributed by atoms with van der Waals surface area (Å²) in [7, 11) is 1.66. The molecular weight excluding hydrogens is 270 g/mol. The topological polar surface area (TPSA) is 55.5 Å². The highest BCUT2D eigenvalue weighted by atomic mass is 79.9. The number of hydrogen-bond acceptors (Lipinski definition) is 3. The summed E-state index contributed by atoms with van der Waals surface area (Å²) < 4.78 is 6.37. The molecule has 3 nitrogen and oxygen atoms in total. The fraction of sp³-hybridized carbons (Fsp3) is 0.500. The molecule has 1 aliphatic rings. The second-order valence-corrected chi connectivity index (χ2v) is 5.28. The first kappa shape index (κ1) is 11.9. The summed E-state index contributed by atoms with van der Waals surface area (Å²) >= 11 is 3.45. The van der Waals surface area contributed by atoms with Gasteiger partial charge in [0.15, 0.2) is 0 Å². The fourth-order valence-electron chi connectivity index (χ4n) is 2.23. The minimum atomic E-state index is -0.131. The van der Waals surface area contributed by atoms with Crippen molar-refractivity contribution in [2.45, 2.75) is 12.3 Å². The Bertz CT molecular complexity index is 391. The number of aliphatic hydroxyl groups excluding tert-OH is 1. The van der Waals surface area contributed by atoms with E-state index in [2.05, 4.69) is 22.0 Å². The van der Waals surface area contributed by atoms with Gasteiger partial charge in [-0.05, 0) is 36.1 Å². The Balaban J connectivity index is 2.32. The van der Waals surface area contributed by atoms with E-state index < -0.39 is 0 Å². The average Bonchev–Trinajstić information content (AvgIpc) is 3.04. The predicted octanol–water partition coefficient (Wildman–Crippen LogP) is 1.88. The molecule has 88 valence electrons. The maximum atomic E-state index is 9.39. The van der Waals surface area contributed by atoms with Crippen molar-refractivity contribution in [2.75, 3.05) is 20.3 Å². The number of hydrogen-bond donors (Lipinski definition) is 2. The summed E-state index contributed by atoms with van der Waals surface area (Å²) in [6.45, 7) is 0.660. The van der Waals surface area contributed by atoms with E-state index in [1.165, 1.54) is 0 Å². The minimum Gasteiger partial charge on any atom is -0.496 e. The van der Waals surface area contributed by atoms with Gasteiger partial charge in [0.1, 0.15) is 5.75 Å². The van der Waals surface area contributed by atoms with Crippen LogP contribution in [-0.2, 0) is 0 Å². The molecular formula is C12H16BrNO2. The van der Waals surface area contributed by atoms with Gasteiger partial charge in [-0.1, -0.05) is 15.9 Å². The van der Waals surface area contributed by atoms with Crippen LogP contribution in [0, 0.1) is 5.41 Å². The maximum absolute atomic E-state index is 9.39. The van der Waals surface area contributed by atoms with Crippen molar-refractivity contribution >= 4 is 15.9 Å². The Hall–Kier alpha value is -0.580. The molecule has 0 bridgehead atoms. The summed E-state index contributed by atoms with van der Waals surface area (Å²) in [5.41, 5.74) is 6.73. The molecule has 2 atom stereocenters. The zero-order valence-corrected chi connectivity index (χ0v) is 10.8. The molecule has 0 amide bonds. The van der Waals surface area contributed by atoms with Gasteiger partial charge in [-0.2, -0.15) is 0 Å². The zero-order chi connectivity index (χ0) is 11.8. The molecule has 0 saturated heterocycles. The van der Waals surface area contributed by atoms with Crippen LogP contribution >= 0.6 is 15.9 Å². The highest BCUT2D eigenvalue weighted by Gasteiger charge is 2.54. The number of aliphatic hydroxyl groups is 1. The van der Waals surface area contributed by atoms with E-state index in [9.17, 15) is 5.11 Å². The molecule has 1 saturated carbocycles. The Kier molecular flexibility index (Phi) is 3.24. The number of ether oxygens (including phenoxy) is 1. The van der Waals surface area contributed by atoms with Crippen molar-refractivity contribution < 1.29 is 9.84 Å². The lowest BCUT2D eigenvalue weighted by molar-refractivity contribution is 0.211. The van der Waals surface area contributed by atoms with Crippen molar-refractivity contribution in [3.05, 3.63) is 28.2 Å². The summed E-state index contributed by atoms with van der Waals surface area (Å²) in [5.74, 6) is 1.19. The Labute approximate surface area is 104 Å². The van der Waals surface area contributed by atoms with Crippen LogP contribution in [0.3, 0.4) is 0 Å². The molecule has 3 N–H and O–H groups in total. The lowest BCUT2D eigenvalue weighted by atomic mass is 9.99. The van der Waals surface area contributed by atoms with E-state index in [1.54, 1.807) is 7.11 Å². The van der Waals surface area contributed by atoms with E-state index in [1.807, 2.05) is 12.1 Å². The molecule has 4 heteroatoms. The molecule has 0 radical (unpaired) electrons. The highest BCUT2D eigenvalue weighted by Crippen LogP contribution is 2.60.